The monoisotopic (exact) mass is 452 g/mol. The lowest BCUT2D eigenvalue weighted by Gasteiger charge is -2.12. The molecule has 1 heterocycles. The minimum absolute atomic E-state index is 0.302. The molecule has 1 aromatic carbocycles. The molecule has 0 aliphatic carbocycles. The number of halogens is 3. The number of benzene rings is 1. The van der Waals surface area contributed by atoms with Crippen molar-refractivity contribution in [2.75, 3.05) is 0 Å². The van der Waals surface area contributed by atoms with Gasteiger partial charge in [0.05, 0.1) is 0 Å². The predicted molar refractivity (Wildman–Crippen MR) is 86.1 cm³/mol. The van der Waals surface area contributed by atoms with Crippen LogP contribution in [0.3, 0.4) is 0 Å². The van der Waals surface area contributed by atoms with E-state index in [0.717, 1.165) is 22.0 Å². The molecule has 0 saturated heterocycles. The number of nitrogens with two attached hydrogens (primary N) is 1. The molecule has 0 bridgehead atoms. The Morgan fingerprint density at radius 2 is 2.11 bits per heavy atom. The Labute approximate surface area is 135 Å². The molecule has 0 amide bonds. The summed E-state index contributed by atoms with van der Waals surface area (Å²) >= 11 is 10.4. The van der Waals surface area contributed by atoms with Crippen LogP contribution in [-0.2, 0) is 13.4 Å². The van der Waals surface area contributed by atoms with Crippen LogP contribution in [-0.4, -0.2) is 22.1 Å². The highest BCUT2D eigenvalue weighted by molar-refractivity contribution is 9.38. The molecule has 19 heavy (non-hydrogen) atoms. The van der Waals surface area contributed by atoms with Crippen LogP contribution < -0.4 is 5.73 Å². The van der Waals surface area contributed by atoms with Crippen LogP contribution in [0.2, 0.25) is 0 Å². The number of H-pyrrole nitrogens is 1. The molecule has 2 aromatic rings. The Hall–Kier alpha value is -0.370. The van der Waals surface area contributed by atoms with Crippen LogP contribution in [0.15, 0.2) is 24.4 Å². The van der Waals surface area contributed by atoms with Crippen molar-refractivity contribution < 1.29 is 9.90 Å². The molecule has 0 saturated carbocycles. The molecule has 0 aliphatic heterocycles. The lowest BCUT2D eigenvalue weighted by Crippen LogP contribution is -2.32. The van der Waals surface area contributed by atoms with Gasteiger partial charge in [-0.25, -0.2) is 0 Å². The molecule has 2 rings (SSSR count). The zero-order chi connectivity index (χ0) is 14.2. The van der Waals surface area contributed by atoms with Crippen LogP contribution in [0.25, 0.3) is 10.9 Å². The van der Waals surface area contributed by atoms with Gasteiger partial charge in [0.25, 0.3) is 0 Å². The Kier molecular flexibility index (Phi) is 4.39. The number of carbonyl (C=O) groups is 1. The molecular weight excluding hydrogens is 444 g/mol. The average molecular weight is 455 g/mol. The molecule has 4 nitrogen and oxygen atoms in total. The fraction of sp³-hybridized carbons (Fsp3) is 0.250. The van der Waals surface area contributed by atoms with E-state index in [1.165, 1.54) is 0 Å². The van der Waals surface area contributed by atoms with Crippen molar-refractivity contribution >= 4 is 64.7 Å². The molecule has 1 unspecified atom stereocenters. The van der Waals surface area contributed by atoms with Crippen LogP contribution in [0.4, 0.5) is 0 Å². The normalized spacial score (nSPS) is 13.7. The van der Waals surface area contributed by atoms with Crippen molar-refractivity contribution in [1.82, 2.24) is 4.98 Å². The number of hydrogen-bond donors (Lipinski definition) is 3. The third-order valence-electron chi connectivity index (χ3n) is 2.85. The minimum atomic E-state index is -0.994. The SMILES string of the molecule is NC(Cc1c[nH]c2cc(C(Br)(Br)Br)ccc12)C(=O)O. The first-order valence-corrected chi connectivity index (χ1v) is 7.82. The van der Waals surface area contributed by atoms with Crippen molar-refractivity contribution in [2.24, 2.45) is 5.73 Å². The number of aromatic nitrogens is 1. The Morgan fingerprint density at radius 1 is 1.42 bits per heavy atom. The van der Waals surface area contributed by atoms with Gasteiger partial charge in [0, 0.05) is 23.5 Å². The summed E-state index contributed by atoms with van der Waals surface area (Å²) in [5.74, 6) is -0.994. The smallest absolute Gasteiger partial charge is 0.320 e. The topological polar surface area (TPSA) is 79.1 Å². The molecule has 0 fully saturated rings. The minimum Gasteiger partial charge on any atom is -0.480 e. The first-order valence-electron chi connectivity index (χ1n) is 5.44. The van der Waals surface area contributed by atoms with Crippen molar-refractivity contribution in [2.45, 2.75) is 14.6 Å². The average Bonchev–Trinajstić information content (AvgIpc) is 2.70. The lowest BCUT2D eigenvalue weighted by molar-refractivity contribution is -0.138. The first kappa shape index (κ1) is 15.0. The summed E-state index contributed by atoms with van der Waals surface area (Å²) in [6.45, 7) is 0. The number of nitrogens with one attached hydrogen (secondary N) is 1. The van der Waals surface area contributed by atoms with Crippen LogP contribution in [0, 0.1) is 0 Å². The Balaban J connectivity index is 2.37. The van der Waals surface area contributed by atoms with Crippen molar-refractivity contribution in [3.05, 3.63) is 35.5 Å². The molecule has 1 atom stereocenters. The summed E-state index contributed by atoms with van der Waals surface area (Å²) in [6.07, 6.45) is 2.10. The second-order valence-electron chi connectivity index (χ2n) is 4.22. The highest BCUT2D eigenvalue weighted by atomic mass is 80.0. The fourth-order valence-electron chi connectivity index (χ4n) is 1.86. The molecule has 1 aromatic heterocycles. The molecule has 0 radical (unpaired) electrons. The Bertz CT molecular complexity index is 619. The maximum Gasteiger partial charge on any atom is 0.320 e. The number of rotatable bonds is 3. The molecule has 4 N–H and O–H groups in total. The second kappa shape index (κ2) is 5.55. The fourth-order valence-corrected chi connectivity index (χ4v) is 2.60. The molecule has 0 aliphatic rings. The third-order valence-corrected chi connectivity index (χ3v) is 4.23. The summed E-state index contributed by atoms with van der Waals surface area (Å²) in [6, 6.07) is 4.98. The van der Waals surface area contributed by atoms with Gasteiger partial charge in [-0.2, -0.15) is 0 Å². The number of fused-ring (bicyclic) bond motifs is 1. The zero-order valence-electron chi connectivity index (χ0n) is 9.66. The first-order chi connectivity index (χ1) is 8.79. The van der Waals surface area contributed by atoms with Gasteiger partial charge in [-0.1, -0.05) is 59.9 Å². The van der Waals surface area contributed by atoms with E-state index in [-0.39, 0.29) is 0 Å². The van der Waals surface area contributed by atoms with Crippen molar-refractivity contribution in [3.8, 4) is 0 Å². The number of aromatic amines is 1. The zero-order valence-corrected chi connectivity index (χ0v) is 14.4. The van der Waals surface area contributed by atoms with E-state index < -0.39 is 14.2 Å². The van der Waals surface area contributed by atoms with E-state index in [1.54, 1.807) is 6.20 Å². The highest BCUT2D eigenvalue weighted by Crippen LogP contribution is 2.45. The summed E-state index contributed by atoms with van der Waals surface area (Å²) in [4.78, 5) is 13.9. The van der Waals surface area contributed by atoms with Crippen LogP contribution >= 0.6 is 47.8 Å². The standard InChI is InChI=1S/C12H11Br3N2O2/c13-12(14,15)7-1-2-8-6(3-9(16)11(18)19)5-17-10(8)4-7/h1-2,4-5,9,17H,3,16H2,(H,18,19). The van der Waals surface area contributed by atoms with Gasteiger partial charge in [0.1, 0.15) is 6.04 Å². The maximum absolute atomic E-state index is 10.8. The Morgan fingerprint density at radius 3 is 2.68 bits per heavy atom. The lowest BCUT2D eigenvalue weighted by atomic mass is 10.0. The van der Waals surface area contributed by atoms with Gasteiger partial charge in [-0.3, -0.25) is 4.79 Å². The van der Waals surface area contributed by atoms with E-state index in [2.05, 4.69) is 52.8 Å². The van der Waals surface area contributed by atoms with Gasteiger partial charge in [-0.05, 0) is 17.2 Å². The molecule has 7 heteroatoms. The predicted octanol–water partition coefficient (Wildman–Crippen LogP) is 3.42. The summed E-state index contributed by atoms with van der Waals surface area (Å²) in [5.41, 5.74) is 8.40. The number of carboxylic acids is 1. The summed E-state index contributed by atoms with van der Waals surface area (Å²) in [7, 11) is 0. The maximum atomic E-state index is 10.8. The second-order valence-corrected chi connectivity index (χ2v) is 11.0. The van der Waals surface area contributed by atoms with Gasteiger partial charge in [0.15, 0.2) is 2.14 Å². The number of aliphatic carboxylic acids is 1. The van der Waals surface area contributed by atoms with Crippen molar-refractivity contribution in [3.63, 3.8) is 0 Å². The largest absolute Gasteiger partial charge is 0.480 e. The summed E-state index contributed by atoms with van der Waals surface area (Å²) < 4.78 is -0.468. The number of hydrogen-bond acceptors (Lipinski definition) is 2. The van der Waals surface area contributed by atoms with E-state index in [4.69, 9.17) is 10.8 Å². The van der Waals surface area contributed by atoms with Crippen LogP contribution in [0.1, 0.15) is 11.1 Å². The van der Waals surface area contributed by atoms with Gasteiger partial charge < -0.3 is 15.8 Å². The van der Waals surface area contributed by atoms with E-state index in [0.29, 0.717) is 6.42 Å². The number of carboxylic acid groups (broad SMARTS) is 1. The van der Waals surface area contributed by atoms with Gasteiger partial charge in [-0.15, -0.1) is 0 Å². The molecule has 0 spiro atoms. The highest BCUT2D eigenvalue weighted by Gasteiger charge is 2.22. The van der Waals surface area contributed by atoms with Gasteiger partial charge in [0.2, 0.25) is 0 Å². The quantitative estimate of drug-likeness (QED) is 0.622. The third kappa shape index (κ3) is 3.39. The summed E-state index contributed by atoms with van der Waals surface area (Å²) in [5, 5.41) is 9.83. The van der Waals surface area contributed by atoms with Crippen molar-refractivity contribution in [1.29, 1.82) is 0 Å². The van der Waals surface area contributed by atoms with E-state index in [1.807, 2.05) is 18.2 Å². The van der Waals surface area contributed by atoms with E-state index in [9.17, 15) is 4.79 Å². The molecule has 102 valence electrons. The van der Waals surface area contributed by atoms with Crippen LogP contribution in [0.5, 0.6) is 0 Å². The molecular formula is C12H11Br3N2O2. The van der Waals surface area contributed by atoms with E-state index >= 15 is 0 Å². The van der Waals surface area contributed by atoms with Gasteiger partial charge >= 0.3 is 5.97 Å². The number of alkyl halides is 3.